The van der Waals surface area contributed by atoms with Crippen molar-refractivity contribution >= 4 is 0 Å². The van der Waals surface area contributed by atoms with E-state index in [1.165, 1.54) is 6.42 Å². The molecule has 0 aromatic rings. The van der Waals surface area contributed by atoms with E-state index in [1.807, 2.05) is 0 Å². The molecule has 0 spiro atoms. The molecule has 1 rings (SSSR count). The van der Waals surface area contributed by atoms with E-state index in [1.54, 1.807) is 0 Å². The van der Waals surface area contributed by atoms with Gasteiger partial charge in [-0.3, -0.25) is 9.80 Å². The first-order chi connectivity index (χ1) is 7.01. The lowest BCUT2D eigenvalue weighted by Crippen LogP contribution is -2.55. The standard InChI is InChI=1S/C13H24N2/c1-6-12(3)14-8-10-15(11-9-14)13(4,5)7-2/h1,12H,7-11H2,2-5H3. The number of nitrogens with zero attached hydrogens (tertiary/aromatic N) is 2. The summed E-state index contributed by atoms with van der Waals surface area (Å²) in [5.41, 5.74) is 0.339. The van der Waals surface area contributed by atoms with Crippen molar-refractivity contribution < 1.29 is 0 Å². The van der Waals surface area contributed by atoms with E-state index in [2.05, 4.69) is 43.4 Å². The second kappa shape index (κ2) is 5.01. The number of rotatable bonds is 3. The molecule has 1 aliphatic rings. The van der Waals surface area contributed by atoms with Crippen LogP contribution >= 0.6 is 0 Å². The van der Waals surface area contributed by atoms with Gasteiger partial charge in [0.2, 0.25) is 0 Å². The lowest BCUT2D eigenvalue weighted by Gasteiger charge is -2.44. The summed E-state index contributed by atoms with van der Waals surface area (Å²) in [7, 11) is 0. The van der Waals surface area contributed by atoms with Crippen LogP contribution in [-0.4, -0.2) is 47.6 Å². The highest BCUT2D eigenvalue weighted by Gasteiger charge is 2.29. The number of hydrogen-bond donors (Lipinski definition) is 0. The average molecular weight is 208 g/mol. The van der Waals surface area contributed by atoms with Crippen LogP contribution < -0.4 is 0 Å². The third-order valence-electron chi connectivity index (χ3n) is 3.82. The first-order valence-corrected chi connectivity index (χ1v) is 5.96. The molecule has 0 bridgehead atoms. The molecule has 0 aromatic heterocycles. The van der Waals surface area contributed by atoms with Crippen molar-refractivity contribution in [1.29, 1.82) is 0 Å². The molecular formula is C13H24N2. The molecular weight excluding hydrogens is 184 g/mol. The van der Waals surface area contributed by atoms with Crippen LogP contribution in [0.15, 0.2) is 0 Å². The fourth-order valence-electron chi connectivity index (χ4n) is 2.04. The maximum atomic E-state index is 5.44. The minimum atomic E-state index is 0.289. The van der Waals surface area contributed by atoms with Crippen LogP contribution in [0.1, 0.15) is 34.1 Å². The van der Waals surface area contributed by atoms with Gasteiger partial charge in [-0.25, -0.2) is 0 Å². The van der Waals surface area contributed by atoms with Crippen LogP contribution in [0.4, 0.5) is 0 Å². The molecule has 1 unspecified atom stereocenters. The Balaban J connectivity index is 2.46. The fourth-order valence-corrected chi connectivity index (χ4v) is 2.04. The highest BCUT2D eigenvalue weighted by molar-refractivity contribution is 4.99. The zero-order valence-corrected chi connectivity index (χ0v) is 10.6. The van der Waals surface area contributed by atoms with Gasteiger partial charge in [-0.15, -0.1) is 6.42 Å². The molecule has 1 heterocycles. The third-order valence-corrected chi connectivity index (χ3v) is 3.82. The van der Waals surface area contributed by atoms with E-state index in [0.717, 1.165) is 26.2 Å². The Hall–Kier alpha value is -0.520. The van der Waals surface area contributed by atoms with Crippen LogP contribution in [0.2, 0.25) is 0 Å². The van der Waals surface area contributed by atoms with Crippen LogP contribution in [0.3, 0.4) is 0 Å². The van der Waals surface area contributed by atoms with E-state index in [9.17, 15) is 0 Å². The normalized spacial score (nSPS) is 22.3. The molecule has 0 aliphatic carbocycles. The molecule has 86 valence electrons. The SMILES string of the molecule is C#CC(C)N1CCN(C(C)(C)CC)CC1. The van der Waals surface area contributed by atoms with Gasteiger partial charge in [-0.05, 0) is 27.2 Å². The van der Waals surface area contributed by atoms with Gasteiger partial charge in [0.25, 0.3) is 0 Å². The quantitative estimate of drug-likeness (QED) is 0.653. The Bertz CT molecular complexity index is 231. The Labute approximate surface area is 94.6 Å². The third kappa shape index (κ3) is 2.96. The minimum absolute atomic E-state index is 0.289. The van der Waals surface area contributed by atoms with Crippen molar-refractivity contribution in [2.24, 2.45) is 0 Å². The smallest absolute Gasteiger partial charge is 0.0684 e. The van der Waals surface area contributed by atoms with Gasteiger partial charge in [-0.2, -0.15) is 0 Å². The molecule has 0 aromatic carbocycles. The highest BCUT2D eigenvalue weighted by atomic mass is 15.3. The van der Waals surface area contributed by atoms with Crippen molar-refractivity contribution in [3.05, 3.63) is 0 Å². The molecule has 0 N–H and O–H groups in total. The molecule has 2 nitrogen and oxygen atoms in total. The lowest BCUT2D eigenvalue weighted by atomic mass is 9.98. The summed E-state index contributed by atoms with van der Waals surface area (Å²) >= 11 is 0. The summed E-state index contributed by atoms with van der Waals surface area (Å²) in [6.45, 7) is 13.5. The summed E-state index contributed by atoms with van der Waals surface area (Å²) in [6.07, 6.45) is 6.65. The van der Waals surface area contributed by atoms with Crippen LogP contribution in [0.5, 0.6) is 0 Å². The second-order valence-corrected chi connectivity index (χ2v) is 5.03. The molecule has 0 amide bonds. The van der Waals surface area contributed by atoms with Crippen molar-refractivity contribution in [2.75, 3.05) is 26.2 Å². The summed E-state index contributed by atoms with van der Waals surface area (Å²) in [4.78, 5) is 4.97. The van der Waals surface area contributed by atoms with Crippen LogP contribution in [-0.2, 0) is 0 Å². The zero-order chi connectivity index (χ0) is 11.5. The molecule has 1 saturated heterocycles. The van der Waals surface area contributed by atoms with Gasteiger partial charge < -0.3 is 0 Å². The molecule has 1 aliphatic heterocycles. The largest absolute Gasteiger partial charge is 0.296 e. The lowest BCUT2D eigenvalue weighted by molar-refractivity contribution is 0.0438. The summed E-state index contributed by atoms with van der Waals surface area (Å²) < 4.78 is 0. The topological polar surface area (TPSA) is 6.48 Å². The van der Waals surface area contributed by atoms with E-state index < -0.39 is 0 Å². The Morgan fingerprint density at radius 2 is 1.80 bits per heavy atom. The molecule has 15 heavy (non-hydrogen) atoms. The molecule has 0 saturated carbocycles. The fraction of sp³-hybridized carbons (Fsp3) is 0.846. The number of hydrogen-bond acceptors (Lipinski definition) is 2. The summed E-state index contributed by atoms with van der Waals surface area (Å²) in [5, 5.41) is 0. The minimum Gasteiger partial charge on any atom is -0.296 e. The van der Waals surface area contributed by atoms with Gasteiger partial charge in [0.05, 0.1) is 6.04 Å². The van der Waals surface area contributed by atoms with Crippen molar-refractivity contribution in [3.8, 4) is 12.3 Å². The van der Waals surface area contributed by atoms with E-state index >= 15 is 0 Å². The molecule has 1 atom stereocenters. The Morgan fingerprint density at radius 3 is 2.20 bits per heavy atom. The highest BCUT2D eigenvalue weighted by Crippen LogP contribution is 2.20. The van der Waals surface area contributed by atoms with Crippen molar-refractivity contribution in [1.82, 2.24) is 9.80 Å². The first-order valence-electron chi connectivity index (χ1n) is 5.96. The molecule has 0 radical (unpaired) electrons. The second-order valence-electron chi connectivity index (χ2n) is 5.03. The van der Waals surface area contributed by atoms with Crippen molar-refractivity contribution in [2.45, 2.75) is 45.7 Å². The zero-order valence-electron chi connectivity index (χ0n) is 10.6. The van der Waals surface area contributed by atoms with Gasteiger partial charge in [-0.1, -0.05) is 12.8 Å². The molecule has 1 fully saturated rings. The summed E-state index contributed by atoms with van der Waals surface area (Å²) in [5.74, 6) is 2.81. The summed E-state index contributed by atoms with van der Waals surface area (Å²) in [6, 6.07) is 0.289. The number of piperazine rings is 1. The average Bonchev–Trinajstić information content (AvgIpc) is 2.28. The van der Waals surface area contributed by atoms with E-state index in [-0.39, 0.29) is 6.04 Å². The van der Waals surface area contributed by atoms with Crippen molar-refractivity contribution in [3.63, 3.8) is 0 Å². The van der Waals surface area contributed by atoms with Gasteiger partial charge >= 0.3 is 0 Å². The maximum absolute atomic E-state index is 5.44. The monoisotopic (exact) mass is 208 g/mol. The van der Waals surface area contributed by atoms with Gasteiger partial charge in [0, 0.05) is 31.7 Å². The van der Waals surface area contributed by atoms with Crippen LogP contribution in [0.25, 0.3) is 0 Å². The van der Waals surface area contributed by atoms with E-state index in [0.29, 0.717) is 5.54 Å². The van der Waals surface area contributed by atoms with Gasteiger partial charge in [0.1, 0.15) is 0 Å². The predicted molar refractivity (Wildman–Crippen MR) is 65.8 cm³/mol. The Kier molecular flexibility index (Phi) is 4.19. The molecule has 2 heteroatoms. The van der Waals surface area contributed by atoms with Crippen LogP contribution in [0, 0.1) is 12.3 Å². The Morgan fingerprint density at radius 1 is 1.27 bits per heavy atom. The first kappa shape index (κ1) is 12.5. The van der Waals surface area contributed by atoms with E-state index in [4.69, 9.17) is 6.42 Å². The maximum Gasteiger partial charge on any atom is 0.0684 e. The predicted octanol–water partition coefficient (Wildman–Crippen LogP) is 1.81. The van der Waals surface area contributed by atoms with Gasteiger partial charge in [0.15, 0.2) is 0 Å². The number of terminal acetylenes is 1.